The van der Waals surface area contributed by atoms with Crippen LogP contribution in [0, 0.1) is 0 Å². The predicted octanol–water partition coefficient (Wildman–Crippen LogP) is -0.0594. The monoisotopic (exact) mass is 197 g/mol. The Balaban J connectivity index is 0. The van der Waals surface area contributed by atoms with Gasteiger partial charge in [0.2, 0.25) is 0 Å². The van der Waals surface area contributed by atoms with Crippen molar-refractivity contribution in [3.05, 3.63) is 0 Å². The molecule has 1 atom stereocenters. The van der Waals surface area contributed by atoms with E-state index in [0.29, 0.717) is 12.2 Å². The maximum Gasteiger partial charge on any atom is 0.503 e. The Hall–Kier alpha value is -0.950. The summed E-state index contributed by atoms with van der Waals surface area (Å²) in [7, 11) is 0. The van der Waals surface area contributed by atoms with Crippen LogP contribution in [0.25, 0.3) is 0 Å². The summed E-state index contributed by atoms with van der Waals surface area (Å²) in [6, 6.07) is -0.743. The van der Waals surface area contributed by atoms with Crippen LogP contribution in [0.2, 0.25) is 0 Å². The van der Waals surface area contributed by atoms with Crippen molar-refractivity contribution < 1.29 is 24.9 Å². The van der Waals surface area contributed by atoms with Crippen molar-refractivity contribution in [2.24, 2.45) is 5.73 Å². The SMILES string of the molecule is NC(CCS)C(=O)O.O=C(O)O. The van der Waals surface area contributed by atoms with Gasteiger partial charge in [0, 0.05) is 0 Å². The molecule has 0 saturated heterocycles. The zero-order valence-electron chi connectivity index (χ0n) is 6.17. The fourth-order valence-corrected chi connectivity index (χ4v) is 0.541. The molecule has 6 nitrogen and oxygen atoms in total. The second kappa shape index (κ2) is 8.15. The maximum atomic E-state index is 9.93. The van der Waals surface area contributed by atoms with Crippen LogP contribution in [-0.2, 0) is 4.79 Å². The molecule has 0 aromatic carbocycles. The standard InChI is InChI=1S/C4H9NO2S.CH2O3/c5-3(1-2-8)4(6)7;2-1(3)4/h3,8H,1-2,5H2,(H,6,7);(H2,2,3,4). The van der Waals surface area contributed by atoms with E-state index in [1.165, 1.54) is 0 Å². The van der Waals surface area contributed by atoms with Gasteiger partial charge in [-0.25, -0.2) is 4.79 Å². The van der Waals surface area contributed by atoms with Crippen molar-refractivity contribution in [1.82, 2.24) is 0 Å². The highest BCUT2D eigenvalue weighted by Crippen LogP contribution is 1.88. The molecule has 1 unspecified atom stereocenters. The van der Waals surface area contributed by atoms with Gasteiger partial charge in [0.25, 0.3) is 0 Å². The average molecular weight is 197 g/mol. The second-order valence-corrected chi connectivity index (χ2v) is 2.19. The van der Waals surface area contributed by atoms with Gasteiger partial charge in [-0.1, -0.05) is 0 Å². The first-order valence-electron chi connectivity index (χ1n) is 2.93. The van der Waals surface area contributed by atoms with Crippen molar-refractivity contribution in [3.8, 4) is 0 Å². The van der Waals surface area contributed by atoms with Crippen LogP contribution in [0.1, 0.15) is 6.42 Å². The lowest BCUT2D eigenvalue weighted by Gasteiger charge is -2.00. The lowest BCUT2D eigenvalue weighted by atomic mass is 10.2. The van der Waals surface area contributed by atoms with Crippen molar-refractivity contribution >= 4 is 24.8 Å². The van der Waals surface area contributed by atoms with Gasteiger partial charge in [-0.2, -0.15) is 12.6 Å². The van der Waals surface area contributed by atoms with Crippen molar-refractivity contribution in [3.63, 3.8) is 0 Å². The van der Waals surface area contributed by atoms with Crippen molar-refractivity contribution in [1.29, 1.82) is 0 Å². The Morgan fingerprint density at radius 2 is 1.67 bits per heavy atom. The minimum atomic E-state index is -1.83. The fraction of sp³-hybridized carbons (Fsp3) is 0.600. The van der Waals surface area contributed by atoms with Crippen LogP contribution >= 0.6 is 12.6 Å². The zero-order valence-corrected chi connectivity index (χ0v) is 7.07. The number of aliphatic carboxylic acids is 1. The van der Waals surface area contributed by atoms with E-state index in [-0.39, 0.29) is 0 Å². The Morgan fingerprint density at radius 3 is 1.75 bits per heavy atom. The predicted molar refractivity (Wildman–Crippen MR) is 44.7 cm³/mol. The summed E-state index contributed by atoms with van der Waals surface area (Å²) in [5.41, 5.74) is 5.08. The topological polar surface area (TPSA) is 121 Å². The molecule has 5 N–H and O–H groups in total. The molecule has 0 fully saturated rings. The molecular formula is C5H11NO5S. The van der Waals surface area contributed by atoms with E-state index >= 15 is 0 Å². The van der Waals surface area contributed by atoms with Crippen LogP contribution in [0.4, 0.5) is 4.79 Å². The lowest BCUT2D eigenvalue weighted by molar-refractivity contribution is -0.138. The largest absolute Gasteiger partial charge is 0.503 e. The molecule has 72 valence electrons. The Morgan fingerprint density at radius 1 is 1.33 bits per heavy atom. The molecule has 0 rings (SSSR count). The molecule has 0 radical (unpaired) electrons. The number of thiol groups is 1. The first kappa shape index (κ1) is 13.6. The molecule has 0 bridgehead atoms. The van der Waals surface area contributed by atoms with Gasteiger partial charge in [-0.05, 0) is 12.2 Å². The minimum Gasteiger partial charge on any atom is -0.480 e. The molecule has 0 aliphatic heterocycles. The quantitative estimate of drug-likeness (QED) is 0.404. The van der Waals surface area contributed by atoms with E-state index in [9.17, 15) is 4.79 Å². The molecule has 7 heteroatoms. The number of carboxylic acids is 1. The van der Waals surface area contributed by atoms with Crippen molar-refractivity contribution in [2.75, 3.05) is 5.75 Å². The molecule has 0 aliphatic carbocycles. The fourth-order valence-electron chi connectivity index (χ4n) is 0.263. The van der Waals surface area contributed by atoms with Crippen LogP contribution in [0.5, 0.6) is 0 Å². The van der Waals surface area contributed by atoms with E-state index in [0.717, 1.165) is 0 Å². The molecule has 0 aliphatic rings. The first-order valence-corrected chi connectivity index (χ1v) is 3.56. The Bertz CT molecular complexity index is 147. The van der Waals surface area contributed by atoms with Crippen LogP contribution < -0.4 is 5.73 Å². The Labute approximate surface area is 74.4 Å². The summed E-state index contributed by atoms with van der Waals surface area (Å²) >= 11 is 3.81. The summed E-state index contributed by atoms with van der Waals surface area (Å²) < 4.78 is 0. The summed E-state index contributed by atoms with van der Waals surface area (Å²) in [4.78, 5) is 18.5. The third kappa shape index (κ3) is 16.0. The van der Waals surface area contributed by atoms with Crippen LogP contribution in [0.15, 0.2) is 0 Å². The molecule has 0 aromatic heterocycles. The average Bonchev–Trinajstić information content (AvgIpc) is 1.86. The van der Waals surface area contributed by atoms with Gasteiger partial charge >= 0.3 is 12.1 Å². The summed E-state index contributed by atoms with van der Waals surface area (Å²) in [6.45, 7) is 0. The second-order valence-electron chi connectivity index (χ2n) is 1.74. The molecule has 0 saturated carbocycles. The zero-order chi connectivity index (χ0) is 10.1. The van der Waals surface area contributed by atoms with Gasteiger partial charge in [-0.15, -0.1) is 0 Å². The van der Waals surface area contributed by atoms with Gasteiger partial charge in [-0.3, -0.25) is 4.79 Å². The third-order valence-corrected chi connectivity index (χ3v) is 1.02. The van der Waals surface area contributed by atoms with Crippen LogP contribution in [-0.4, -0.2) is 39.2 Å². The highest BCUT2D eigenvalue weighted by molar-refractivity contribution is 7.80. The number of rotatable bonds is 3. The number of nitrogens with two attached hydrogens (primary N) is 1. The molecule has 0 spiro atoms. The first-order chi connectivity index (χ1) is 5.41. The Kier molecular flexibility index (Phi) is 9.25. The molecule has 12 heavy (non-hydrogen) atoms. The van der Waals surface area contributed by atoms with E-state index in [4.69, 9.17) is 25.8 Å². The number of carbonyl (C=O) groups is 2. The minimum absolute atomic E-state index is 0.429. The van der Waals surface area contributed by atoms with Crippen LogP contribution in [0.3, 0.4) is 0 Å². The van der Waals surface area contributed by atoms with Gasteiger partial charge in [0.15, 0.2) is 0 Å². The lowest BCUT2D eigenvalue weighted by Crippen LogP contribution is -2.30. The van der Waals surface area contributed by atoms with E-state index in [1.807, 2.05) is 0 Å². The highest BCUT2D eigenvalue weighted by atomic mass is 32.1. The van der Waals surface area contributed by atoms with Gasteiger partial charge in [0.1, 0.15) is 6.04 Å². The summed E-state index contributed by atoms with van der Waals surface area (Å²) in [5.74, 6) is -0.438. The summed E-state index contributed by atoms with van der Waals surface area (Å²) in [5, 5.41) is 22.1. The van der Waals surface area contributed by atoms with Gasteiger partial charge in [0.05, 0.1) is 0 Å². The number of hydrogen-bond donors (Lipinski definition) is 5. The maximum absolute atomic E-state index is 9.93. The van der Waals surface area contributed by atoms with Gasteiger partial charge < -0.3 is 21.1 Å². The number of carboxylic acid groups (broad SMARTS) is 3. The molecule has 0 aromatic rings. The highest BCUT2D eigenvalue weighted by Gasteiger charge is 2.08. The smallest absolute Gasteiger partial charge is 0.480 e. The van der Waals surface area contributed by atoms with E-state index in [2.05, 4.69) is 12.6 Å². The molecular weight excluding hydrogens is 186 g/mol. The summed E-state index contributed by atoms with van der Waals surface area (Å²) in [6.07, 6.45) is -1.40. The molecule has 0 heterocycles. The van der Waals surface area contributed by atoms with E-state index < -0.39 is 18.2 Å². The third-order valence-electron chi connectivity index (χ3n) is 0.757. The number of hydrogen-bond acceptors (Lipinski definition) is 4. The normalized spacial score (nSPS) is 10.8. The molecule has 0 amide bonds. The van der Waals surface area contributed by atoms with Crippen molar-refractivity contribution in [2.45, 2.75) is 12.5 Å². The van der Waals surface area contributed by atoms with E-state index in [1.54, 1.807) is 0 Å².